The van der Waals surface area contributed by atoms with Crippen LogP contribution in [0.1, 0.15) is 39.0 Å². The molecule has 0 saturated heterocycles. The van der Waals surface area contributed by atoms with Crippen LogP contribution >= 0.6 is 11.3 Å². The molecule has 1 unspecified atom stereocenters. The molecule has 0 bridgehead atoms. The molecule has 7 nitrogen and oxygen atoms in total. The number of carbonyl (C=O) groups excluding carboxylic acids is 1. The number of thiophene rings is 1. The number of para-hydroxylation sites is 2. The molecule has 0 fully saturated rings. The quantitative estimate of drug-likeness (QED) is 0.445. The van der Waals surface area contributed by atoms with E-state index in [1.807, 2.05) is 43.5 Å². The van der Waals surface area contributed by atoms with Crippen LogP contribution in [0.5, 0.6) is 0 Å². The molecule has 0 radical (unpaired) electrons. The Hall–Kier alpha value is -2.78. The highest BCUT2D eigenvalue weighted by Gasteiger charge is 2.28. The lowest BCUT2D eigenvalue weighted by Gasteiger charge is -2.17. The lowest BCUT2D eigenvalue weighted by Crippen LogP contribution is -2.99. The average molecular weight is 410 g/mol. The van der Waals surface area contributed by atoms with Crippen molar-refractivity contribution in [3.05, 3.63) is 81.0 Å². The van der Waals surface area contributed by atoms with Crippen LogP contribution in [0, 0.1) is 19.1 Å². The summed E-state index contributed by atoms with van der Waals surface area (Å²) in [6, 6.07) is 10.5. The fourth-order valence-electron chi connectivity index (χ4n) is 3.93. The minimum atomic E-state index is -0.980. The summed E-state index contributed by atoms with van der Waals surface area (Å²) >= 11 is 1.42. The Kier molecular flexibility index (Phi) is 5.33. The van der Waals surface area contributed by atoms with Crippen molar-refractivity contribution < 1.29 is 15.2 Å². The van der Waals surface area contributed by atoms with E-state index in [-0.39, 0.29) is 23.6 Å². The molecular formula is C21H22N4O3S. The Morgan fingerprint density at radius 1 is 1.28 bits per heavy atom. The second kappa shape index (κ2) is 7.92. The molecule has 3 N–H and O–H groups in total. The summed E-state index contributed by atoms with van der Waals surface area (Å²) in [4.78, 5) is 13.0. The number of hydrogen-bond donors (Lipinski definition) is 3. The van der Waals surface area contributed by atoms with E-state index in [1.165, 1.54) is 11.3 Å². The van der Waals surface area contributed by atoms with Gasteiger partial charge in [0.1, 0.15) is 5.69 Å². The topological polar surface area (TPSA) is 94.7 Å². The van der Waals surface area contributed by atoms with Crippen molar-refractivity contribution in [3.63, 3.8) is 0 Å². The molecule has 8 heteroatoms. The molecule has 0 aliphatic heterocycles. The molecule has 1 aliphatic carbocycles. The van der Waals surface area contributed by atoms with Crippen LogP contribution in [-0.2, 0) is 0 Å². The molecule has 1 amide bonds. The van der Waals surface area contributed by atoms with E-state index in [9.17, 15) is 15.2 Å². The zero-order valence-corrected chi connectivity index (χ0v) is 16.9. The summed E-state index contributed by atoms with van der Waals surface area (Å²) in [5, 5.41) is 29.7. The lowest BCUT2D eigenvalue weighted by molar-refractivity contribution is -0.991. The predicted octanol–water partition coefficient (Wildman–Crippen LogP) is 2.80. The minimum absolute atomic E-state index is 0.0388. The number of carbonyl (C=O) groups is 1. The van der Waals surface area contributed by atoms with Gasteiger partial charge in [0.25, 0.3) is 5.91 Å². The number of nitrogens with one attached hydrogen (secondary N) is 2. The van der Waals surface area contributed by atoms with Crippen LogP contribution < -0.4 is 10.5 Å². The Labute approximate surface area is 172 Å². The highest BCUT2D eigenvalue weighted by Crippen LogP contribution is 2.34. The van der Waals surface area contributed by atoms with Gasteiger partial charge < -0.3 is 10.5 Å². The Morgan fingerprint density at radius 2 is 2.07 bits per heavy atom. The van der Waals surface area contributed by atoms with E-state index < -0.39 is 5.23 Å². The number of benzene rings is 1. The number of nitrogens with zero attached hydrogens (tertiary/aromatic N) is 2. The van der Waals surface area contributed by atoms with E-state index in [0.29, 0.717) is 10.6 Å². The summed E-state index contributed by atoms with van der Waals surface area (Å²) in [6.45, 7) is 3.90. The number of aromatic nitrogens is 2. The Bertz CT molecular complexity index is 1060. The van der Waals surface area contributed by atoms with E-state index >= 15 is 0 Å². The Balaban J connectivity index is 1.57. The summed E-state index contributed by atoms with van der Waals surface area (Å²) in [7, 11) is 0. The van der Waals surface area contributed by atoms with E-state index in [2.05, 4.69) is 16.5 Å². The third kappa shape index (κ3) is 3.75. The van der Waals surface area contributed by atoms with Crippen LogP contribution in [0.25, 0.3) is 5.69 Å². The fraction of sp³-hybridized carbons (Fsp3) is 0.238. The fourth-order valence-corrected chi connectivity index (χ4v) is 4.56. The second-order valence-corrected chi connectivity index (χ2v) is 8.05. The van der Waals surface area contributed by atoms with Crippen LogP contribution in [-0.4, -0.2) is 26.9 Å². The zero-order chi connectivity index (χ0) is 20.5. The smallest absolute Gasteiger partial charge is 0.261 e. The first-order valence-corrected chi connectivity index (χ1v) is 10.2. The van der Waals surface area contributed by atoms with Gasteiger partial charge in [-0.05, 0) is 37.8 Å². The Morgan fingerprint density at radius 3 is 2.79 bits per heavy atom. The van der Waals surface area contributed by atoms with Gasteiger partial charge in [0, 0.05) is 29.3 Å². The van der Waals surface area contributed by atoms with Crippen molar-refractivity contribution in [3.8, 4) is 5.69 Å². The number of aryl methyl sites for hydroxylation is 1. The van der Waals surface area contributed by atoms with Crippen LogP contribution in [0.2, 0.25) is 0 Å². The van der Waals surface area contributed by atoms with Crippen molar-refractivity contribution in [2.24, 2.45) is 0 Å². The van der Waals surface area contributed by atoms with E-state index in [0.717, 1.165) is 23.4 Å². The molecule has 4 rings (SSSR count). The highest BCUT2D eigenvalue weighted by molar-refractivity contribution is 7.12. The van der Waals surface area contributed by atoms with Gasteiger partial charge in [0.2, 0.25) is 0 Å². The van der Waals surface area contributed by atoms with Crippen molar-refractivity contribution in [1.29, 1.82) is 0 Å². The molecule has 2 heterocycles. The monoisotopic (exact) mass is 410 g/mol. The molecule has 0 saturated carbocycles. The number of quaternary nitrogens is 1. The van der Waals surface area contributed by atoms with Gasteiger partial charge in [-0.1, -0.05) is 30.4 Å². The summed E-state index contributed by atoms with van der Waals surface area (Å²) in [6.07, 6.45) is 4.88. The summed E-state index contributed by atoms with van der Waals surface area (Å²) in [5.74, 6) is 0.0594. The van der Waals surface area contributed by atoms with Crippen molar-refractivity contribution in [2.45, 2.75) is 32.2 Å². The van der Waals surface area contributed by atoms with Crippen molar-refractivity contribution in [2.75, 3.05) is 0 Å². The molecule has 2 aromatic heterocycles. The van der Waals surface area contributed by atoms with Gasteiger partial charge in [0.05, 0.1) is 10.6 Å². The first-order chi connectivity index (χ1) is 14.0. The van der Waals surface area contributed by atoms with Crippen LogP contribution in [0.4, 0.5) is 5.69 Å². The summed E-state index contributed by atoms with van der Waals surface area (Å²) in [5.41, 5.74) is 3.62. The SMILES string of the molecule is Cc1nn(-c2ccccc2[NH+]([O-])O)c(C)c1[C@H]1C=C[C@@H](NC(=O)c2cccs2)C1. The number of rotatable bonds is 5. The van der Waals surface area contributed by atoms with Gasteiger partial charge in [0.15, 0.2) is 5.69 Å². The van der Waals surface area contributed by atoms with Gasteiger partial charge in [-0.3, -0.25) is 4.79 Å². The standard InChI is InChI=1S/C21H22N4O3S/c1-13-20(14(2)24(23-13)17-6-3-4-7-18(17)25(27)28)15-9-10-16(12-15)22-21(26)19-8-5-11-29-19/h3-11,15-16,25,27H,12H2,1-2H3,(H,22,26)/t15-,16+/m0/s1. The molecule has 0 spiro atoms. The van der Waals surface area contributed by atoms with Gasteiger partial charge >= 0.3 is 0 Å². The van der Waals surface area contributed by atoms with Gasteiger partial charge in [-0.2, -0.15) is 10.3 Å². The lowest BCUT2D eigenvalue weighted by atomic mass is 9.96. The van der Waals surface area contributed by atoms with Gasteiger partial charge in [-0.15, -0.1) is 11.3 Å². The first-order valence-electron chi connectivity index (χ1n) is 9.37. The molecular weight excluding hydrogens is 388 g/mol. The van der Waals surface area contributed by atoms with E-state index in [4.69, 9.17) is 0 Å². The molecule has 3 aromatic rings. The van der Waals surface area contributed by atoms with Crippen molar-refractivity contribution in [1.82, 2.24) is 15.1 Å². The normalized spacial score (nSPS) is 19.4. The van der Waals surface area contributed by atoms with Gasteiger partial charge in [-0.25, -0.2) is 9.89 Å². The summed E-state index contributed by atoms with van der Waals surface area (Å²) < 4.78 is 1.71. The zero-order valence-electron chi connectivity index (χ0n) is 16.1. The number of allylic oxidation sites excluding steroid dienone is 1. The first kappa shape index (κ1) is 19.5. The largest absolute Gasteiger partial charge is 0.595 e. The molecule has 1 aromatic carbocycles. The maximum atomic E-state index is 12.3. The predicted molar refractivity (Wildman–Crippen MR) is 111 cm³/mol. The van der Waals surface area contributed by atoms with Crippen molar-refractivity contribution >= 4 is 22.9 Å². The minimum Gasteiger partial charge on any atom is -0.595 e. The molecule has 150 valence electrons. The van der Waals surface area contributed by atoms with Crippen LogP contribution in [0.15, 0.2) is 53.9 Å². The number of amides is 1. The number of hydrogen-bond acceptors (Lipinski definition) is 5. The third-order valence-corrected chi connectivity index (χ3v) is 6.09. The highest BCUT2D eigenvalue weighted by atomic mass is 32.1. The molecule has 3 atom stereocenters. The molecule has 29 heavy (non-hydrogen) atoms. The molecule has 1 aliphatic rings. The average Bonchev–Trinajstić information content (AvgIpc) is 3.43. The van der Waals surface area contributed by atoms with Crippen LogP contribution in [0.3, 0.4) is 0 Å². The maximum Gasteiger partial charge on any atom is 0.261 e. The third-order valence-electron chi connectivity index (χ3n) is 5.23. The second-order valence-electron chi connectivity index (χ2n) is 7.10. The maximum absolute atomic E-state index is 12.3. The van der Waals surface area contributed by atoms with E-state index in [1.54, 1.807) is 22.9 Å².